The highest BCUT2D eigenvalue weighted by Crippen LogP contribution is 2.16. The normalized spacial score (nSPS) is 9.31. The number of nitrogens with two attached hydrogens (primary N) is 1. The largest absolute Gasteiger partial charge is 0.497 e. The fourth-order valence-corrected chi connectivity index (χ4v) is 0.885. The van der Waals surface area contributed by atoms with E-state index in [1.165, 1.54) is 0 Å². The lowest BCUT2D eigenvalue weighted by molar-refractivity contribution is 0.374. The molecule has 13 heavy (non-hydrogen) atoms. The molecular weight excluding hydrogens is 186 g/mol. The van der Waals surface area contributed by atoms with Crippen molar-refractivity contribution in [3.05, 3.63) is 24.3 Å². The van der Waals surface area contributed by atoms with E-state index in [0.717, 1.165) is 11.5 Å². The van der Waals surface area contributed by atoms with Crippen LogP contribution in [0.25, 0.3) is 0 Å². The smallest absolute Gasteiger partial charge is 0.138 e. The van der Waals surface area contributed by atoms with Crippen LogP contribution in [0, 0.1) is 0 Å². The molecule has 0 spiro atoms. The van der Waals surface area contributed by atoms with Gasteiger partial charge in [-0.15, -0.1) is 0 Å². The van der Waals surface area contributed by atoms with Crippen molar-refractivity contribution >= 4 is 17.2 Å². The van der Waals surface area contributed by atoms with Gasteiger partial charge in [0.25, 0.3) is 0 Å². The SMILES string of the molecule is COc1ccc(OCC(N)=S)cc1. The quantitative estimate of drug-likeness (QED) is 0.740. The van der Waals surface area contributed by atoms with Crippen LogP contribution in [0.2, 0.25) is 0 Å². The van der Waals surface area contributed by atoms with E-state index in [9.17, 15) is 0 Å². The van der Waals surface area contributed by atoms with Crippen LogP contribution >= 0.6 is 12.2 Å². The van der Waals surface area contributed by atoms with Crippen molar-refractivity contribution in [2.75, 3.05) is 13.7 Å². The lowest BCUT2D eigenvalue weighted by Crippen LogP contribution is -2.17. The fraction of sp³-hybridized carbons (Fsp3) is 0.222. The van der Waals surface area contributed by atoms with Crippen LogP contribution in [0.4, 0.5) is 0 Å². The Morgan fingerprint density at radius 2 is 1.85 bits per heavy atom. The predicted octanol–water partition coefficient (Wildman–Crippen LogP) is 1.36. The minimum atomic E-state index is 0.266. The maximum atomic E-state index is 5.28. The summed E-state index contributed by atoms with van der Waals surface area (Å²) in [5.74, 6) is 1.52. The Bertz CT molecular complexity index is 284. The van der Waals surface area contributed by atoms with E-state index in [-0.39, 0.29) is 6.61 Å². The Morgan fingerprint density at radius 3 is 2.31 bits per heavy atom. The second-order valence-corrected chi connectivity index (χ2v) is 2.95. The molecule has 0 fully saturated rings. The van der Waals surface area contributed by atoms with Crippen LogP contribution in [0.1, 0.15) is 0 Å². The maximum absolute atomic E-state index is 5.28. The highest BCUT2D eigenvalue weighted by atomic mass is 32.1. The Labute approximate surface area is 82.5 Å². The Kier molecular flexibility index (Phi) is 3.52. The fourth-order valence-electron chi connectivity index (χ4n) is 0.826. The van der Waals surface area contributed by atoms with Crippen molar-refractivity contribution in [2.45, 2.75) is 0 Å². The highest BCUT2D eigenvalue weighted by molar-refractivity contribution is 7.80. The van der Waals surface area contributed by atoms with E-state index in [2.05, 4.69) is 12.2 Å². The zero-order chi connectivity index (χ0) is 9.68. The molecule has 4 heteroatoms. The van der Waals surface area contributed by atoms with Crippen LogP contribution in [0.5, 0.6) is 11.5 Å². The number of rotatable bonds is 4. The molecule has 0 aliphatic heterocycles. The molecule has 0 amide bonds. The molecule has 0 atom stereocenters. The van der Waals surface area contributed by atoms with Crippen molar-refractivity contribution in [3.63, 3.8) is 0 Å². The first-order chi connectivity index (χ1) is 6.22. The summed E-state index contributed by atoms with van der Waals surface area (Å²) in [5.41, 5.74) is 5.28. The summed E-state index contributed by atoms with van der Waals surface area (Å²) in [4.78, 5) is 0.343. The number of hydrogen-bond acceptors (Lipinski definition) is 3. The first kappa shape index (κ1) is 9.80. The standard InChI is InChI=1S/C9H11NO2S/c1-11-7-2-4-8(5-3-7)12-6-9(10)13/h2-5H,6H2,1H3,(H2,10,13). The van der Waals surface area contributed by atoms with Crippen molar-refractivity contribution in [1.82, 2.24) is 0 Å². The Hall–Kier alpha value is -1.29. The third-order valence-electron chi connectivity index (χ3n) is 1.44. The average molecular weight is 197 g/mol. The Morgan fingerprint density at radius 1 is 1.31 bits per heavy atom. The van der Waals surface area contributed by atoms with Gasteiger partial charge >= 0.3 is 0 Å². The zero-order valence-electron chi connectivity index (χ0n) is 7.32. The van der Waals surface area contributed by atoms with Crippen LogP contribution in [-0.4, -0.2) is 18.7 Å². The summed E-state index contributed by atoms with van der Waals surface area (Å²) in [6.45, 7) is 0.266. The van der Waals surface area contributed by atoms with E-state index in [0.29, 0.717) is 4.99 Å². The lowest BCUT2D eigenvalue weighted by Gasteiger charge is -2.05. The van der Waals surface area contributed by atoms with E-state index < -0.39 is 0 Å². The summed E-state index contributed by atoms with van der Waals surface area (Å²) in [6.07, 6.45) is 0. The zero-order valence-corrected chi connectivity index (χ0v) is 8.14. The molecule has 0 heterocycles. The summed E-state index contributed by atoms with van der Waals surface area (Å²) in [5, 5.41) is 0. The molecule has 3 nitrogen and oxygen atoms in total. The van der Waals surface area contributed by atoms with E-state index in [4.69, 9.17) is 15.2 Å². The van der Waals surface area contributed by atoms with Gasteiger partial charge in [0.1, 0.15) is 23.1 Å². The molecule has 0 radical (unpaired) electrons. The monoisotopic (exact) mass is 197 g/mol. The second-order valence-electron chi connectivity index (χ2n) is 2.43. The molecule has 1 aromatic rings. The predicted molar refractivity (Wildman–Crippen MR) is 55.3 cm³/mol. The lowest BCUT2D eigenvalue weighted by atomic mass is 10.3. The molecular formula is C9H11NO2S. The van der Waals surface area contributed by atoms with Crippen molar-refractivity contribution in [3.8, 4) is 11.5 Å². The van der Waals surface area contributed by atoms with Gasteiger partial charge in [0.15, 0.2) is 0 Å². The van der Waals surface area contributed by atoms with Crippen molar-refractivity contribution in [1.29, 1.82) is 0 Å². The first-order valence-corrected chi connectivity index (χ1v) is 4.18. The second kappa shape index (κ2) is 4.67. The van der Waals surface area contributed by atoms with Gasteiger partial charge in [0.2, 0.25) is 0 Å². The molecule has 0 saturated carbocycles. The Balaban J connectivity index is 2.54. The molecule has 0 aliphatic carbocycles. The molecule has 0 aliphatic rings. The number of benzene rings is 1. The topological polar surface area (TPSA) is 44.5 Å². The number of methoxy groups -OCH3 is 1. The van der Waals surface area contributed by atoms with Crippen LogP contribution in [-0.2, 0) is 0 Å². The van der Waals surface area contributed by atoms with Gasteiger partial charge in [0, 0.05) is 0 Å². The molecule has 1 rings (SSSR count). The maximum Gasteiger partial charge on any atom is 0.138 e. The molecule has 2 N–H and O–H groups in total. The van der Waals surface area contributed by atoms with Crippen LogP contribution < -0.4 is 15.2 Å². The van der Waals surface area contributed by atoms with Crippen molar-refractivity contribution < 1.29 is 9.47 Å². The summed E-state index contributed by atoms with van der Waals surface area (Å²) < 4.78 is 10.2. The molecule has 0 saturated heterocycles. The van der Waals surface area contributed by atoms with Crippen molar-refractivity contribution in [2.24, 2.45) is 5.73 Å². The van der Waals surface area contributed by atoms with E-state index in [1.54, 1.807) is 19.2 Å². The van der Waals surface area contributed by atoms with Gasteiger partial charge in [0.05, 0.1) is 7.11 Å². The van der Waals surface area contributed by atoms with Gasteiger partial charge in [-0.3, -0.25) is 0 Å². The average Bonchev–Trinajstić information content (AvgIpc) is 2.15. The molecule has 0 aromatic heterocycles. The summed E-state index contributed by atoms with van der Waals surface area (Å²) in [6, 6.07) is 7.23. The molecule has 70 valence electrons. The molecule has 0 unspecified atom stereocenters. The molecule has 0 bridgehead atoms. The van der Waals surface area contributed by atoms with Gasteiger partial charge < -0.3 is 15.2 Å². The number of hydrogen-bond donors (Lipinski definition) is 1. The first-order valence-electron chi connectivity index (χ1n) is 3.77. The minimum absolute atomic E-state index is 0.266. The van der Waals surface area contributed by atoms with E-state index >= 15 is 0 Å². The third kappa shape index (κ3) is 3.29. The number of ether oxygens (including phenoxy) is 2. The van der Waals surface area contributed by atoms with Crippen LogP contribution in [0.3, 0.4) is 0 Å². The summed E-state index contributed by atoms with van der Waals surface area (Å²) >= 11 is 4.67. The van der Waals surface area contributed by atoms with E-state index in [1.807, 2.05) is 12.1 Å². The van der Waals surface area contributed by atoms with Crippen LogP contribution in [0.15, 0.2) is 24.3 Å². The summed E-state index contributed by atoms with van der Waals surface area (Å²) in [7, 11) is 1.62. The third-order valence-corrected chi connectivity index (χ3v) is 1.56. The highest BCUT2D eigenvalue weighted by Gasteiger charge is 1.95. The van der Waals surface area contributed by atoms with Gasteiger partial charge in [-0.05, 0) is 24.3 Å². The minimum Gasteiger partial charge on any atom is -0.497 e. The van der Waals surface area contributed by atoms with Gasteiger partial charge in [-0.25, -0.2) is 0 Å². The van der Waals surface area contributed by atoms with Gasteiger partial charge in [-0.1, -0.05) is 12.2 Å². The van der Waals surface area contributed by atoms with Gasteiger partial charge in [-0.2, -0.15) is 0 Å². The number of thiocarbonyl (C=S) groups is 1. The molecule has 1 aromatic carbocycles.